The third kappa shape index (κ3) is 3.05. The van der Waals surface area contributed by atoms with Crippen LogP contribution in [0.3, 0.4) is 0 Å². The van der Waals surface area contributed by atoms with Gasteiger partial charge in [-0.2, -0.15) is 0 Å². The number of rotatable bonds is 5. The lowest BCUT2D eigenvalue weighted by molar-refractivity contribution is -0.385. The van der Waals surface area contributed by atoms with Crippen LogP contribution in [0.5, 0.6) is 5.75 Å². The minimum atomic E-state index is -1.23. The smallest absolute Gasteiger partial charge is 0.336 e. The molecule has 1 N–H and O–H groups in total. The summed E-state index contributed by atoms with van der Waals surface area (Å²) >= 11 is 0. The van der Waals surface area contributed by atoms with Crippen molar-refractivity contribution < 1.29 is 24.3 Å². The summed E-state index contributed by atoms with van der Waals surface area (Å²) in [5.74, 6) is -1.01. The van der Waals surface area contributed by atoms with Crippen LogP contribution in [-0.2, 0) is 4.74 Å². The topological polar surface area (TPSA) is 98.9 Å². The summed E-state index contributed by atoms with van der Waals surface area (Å²) in [4.78, 5) is 21.3. The molecule has 1 atom stereocenters. The number of aromatic carboxylic acids is 1. The highest BCUT2D eigenvalue weighted by Crippen LogP contribution is 2.30. The molecule has 0 radical (unpaired) electrons. The van der Waals surface area contributed by atoms with Crippen LogP contribution in [0.25, 0.3) is 0 Å². The van der Waals surface area contributed by atoms with Gasteiger partial charge in [0.1, 0.15) is 12.4 Å². The second-order valence-electron chi connectivity index (χ2n) is 4.63. The number of carbonyl (C=O) groups is 1. The van der Waals surface area contributed by atoms with E-state index in [4.69, 9.17) is 14.6 Å². The normalized spacial score (nSPS) is 17.9. The van der Waals surface area contributed by atoms with Crippen molar-refractivity contribution in [2.45, 2.75) is 25.9 Å². The van der Waals surface area contributed by atoms with Crippen LogP contribution in [-0.4, -0.2) is 35.3 Å². The highest BCUT2D eigenvalue weighted by Gasteiger charge is 2.22. The van der Waals surface area contributed by atoms with E-state index in [1.165, 1.54) is 13.0 Å². The van der Waals surface area contributed by atoms with Gasteiger partial charge >= 0.3 is 5.97 Å². The largest absolute Gasteiger partial charge is 0.490 e. The molecule has 7 heteroatoms. The predicted molar refractivity (Wildman–Crippen MR) is 69.3 cm³/mol. The Labute approximate surface area is 115 Å². The van der Waals surface area contributed by atoms with Crippen molar-refractivity contribution in [1.29, 1.82) is 0 Å². The number of nitrogens with zero attached hydrogens (tertiary/aromatic N) is 1. The van der Waals surface area contributed by atoms with E-state index in [0.717, 1.165) is 18.9 Å². The molecule has 7 nitrogen and oxygen atoms in total. The molecule has 20 heavy (non-hydrogen) atoms. The number of benzene rings is 1. The Morgan fingerprint density at radius 2 is 2.35 bits per heavy atom. The number of nitro groups is 1. The van der Waals surface area contributed by atoms with Crippen LogP contribution in [0.4, 0.5) is 5.69 Å². The van der Waals surface area contributed by atoms with Gasteiger partial charge < -0.3 is 14.6 Å². The van der Waals surface area contributed by atoms with E-state index in [1.54, 1.807) is 0 Å². The van der Waals surface area contributed by atoms with E-state index in [2.05, 4.69) is 0 Å². The van der Waals surface area contributed by atoms with Gasteiger partial charge in [-0.1, -0.05) is 0 Å². The maximum absolute atomic E-state index is 11.0. The molecule has 0 aromatic heterocycles. The first-order chi connectivity index (χ1) is 9.49. The molecule has 1 fully saturated rings. The van der Waals surface area contributed by atoms with Gasteiger partial charge in [0.25, 0.3) is 5.69 Å². The summed E-state index contributed by atoms with van der Waals surface area (Å²) in [6.45, 7) is 2.48. The van der Waals surface area contributed by atoms with Crippen molar-refractivity contribution in [3.05, 3.63) is 33.4 Å². The average Bonchev–Trinajstić information content (AvgIpc) is 2.90. The van der Waals surface area contributed by atoms with Gasteiger partial charge in [-0.3, -0.25) is 10.1 Å². The Bertz CT molecular complexity index is 536. The van der Waals surface area contributed by atoms with Gasteiger partial charge in [0, 0.05) is 12.7 Å². The van der Waals surface area contributed by atoms with Gasteiger partial charge in [-0.25, -0.2) is 4.79 Å². The first-order valence-corrected chi connectivity index (χ1v) is 6.25. The first-order valence-electron chi connectivity index (χ1n) is 6.25. The van der Waals surface area contributed by atoms with Crippen LogP contribution in [0.15, 0.2) is 12.1 Å². The molecule has 0 spiro atoms. The summed E-state index contributed by atoms with van der Waals surface area (Å²) in [5, 5.41) is 19.9. The van der Waals surface area contributed by atoms with E-state index in [9.17, 15) is 14.9 Å². The lowest BCUT2D eigenvalue weighted by Crippen LogP contribution is -2.17. The average molecular weight is 281 g/mol. The van der Waals surface area contributed by atoms with Crippen molar-refractivity contribution in [3.63, 3.8) is 0 Å². The third-order valence-electron chi connectivity index (χ3n) is 3.22. The lowest BCUT2D eigenvalue weighted by atomic mass is 10.1. The van der Waals surface area contributed by atoms with Crippen molar-refractivity contribution in [2.75, 3.05) is 13.2 Å². The SMILES string of the molecule is Cc1c(OCC2CCCO2)cc(C(=O)O)cc1[N+](=O)[O-]. The van der Waals surface area contributed by atoms with Crippen LogP contribution >= 0.6 is 0 Å². The monoisotopic (exact) mass is 281 g/mol. The molecule has 2 rings (SSSR count). The number of carboxylic acid groups (broad SMARTS) is 1. The zero-order valence-corrected chi connectivity index (χ0v) is 11.0. The Kier molecular flexibility index (Phi) is 4.19. The maximum atomic E-state index is 11.0. The summed E-state index contributed by atoms with van der Waals surface area (Å²) in [6.07, 6.45) is 1.80. The zero-order chi connectivity index (χ0) is 14.7. The third-order valence-corrected chi connectivity index (χ3v) is 3.22. The second kappa shape index (κ2) is 5.87. The Hall–Kier alpha value is -2.15. The Balaban J connectivity index is 2.25. The highest BCUT2D eigenvalue weighted by atomic mass is 16.6. The van der Waals surface area contributed by atoms with Gasteiger partial charge in [-0.15, -0.1) is 0 Å². The summed E-state index contributed by atoms with van der Waals surface area (Å²) < 4.78 is 10.9. The molecule has 1 aliphatic heterocycles. The number of hydrogen-bond donors (Lipinski definition) is 1. The highest BCUT2D eigenvalue weighted by molar-refractivity contribution is 5.89. The van der Waals surface area contributed by atoms with Gasteiger partial charge in [0.05, 0.1) is 22.2 Å². The van der Waals surface area contributed by atoms with Gasteiger partial charge in [0.15, 0.2) is 0 Å². The predicted octanol–water partition coefficient (Wildman–Crippen LogP) is 2.16. The lowest BCUT2D eigenvalue weighted by Gasteiger charge is -2.14. The quantitative estimate of drug-likeness (QED) is 0.655. The van der Waals surface area contributed by atoms with E-state index in [-0.39, 0.29) is 29.7 Å². The summed E-state index contributed by atoms with van der Waals surface area (Å²) in [6, 6.07) is 2.34. The molecular weight excluding hydrogens is 266 g/mol. The molecule has 1 heterocycles. The van der Waals surface area contributed by atoms with Crippen molar-refractivity contribution in [2.24, 2.45) is 0 Å². The van der Waals surface area contributed by atoms with Crippen LogP contribution in [0.2, 0.25) is 0 Å². The minimum absolute atomic E-state index is 0.0399. The fraction of sp³-hybridized carbons (Fsp3) is 0.462. The van der Waals surface area contributed by atoms with E-state index in [0.29, 0.717) is 12.2 Å². The van der Waals surface area contributed by atoms with Crippen molar-refractivity contribution >= 4 is 11.7 Å². The summed E-state index contributed by atoms with van der Waals surface area (Å²) in [7, 11) is 0. The Morgan fingerprint density at radius 1 is 1.60 bits per heavy atom. The molecule has 1 aliphatic rings. The second-order valence-corrected chi connectivity index (χ2v) is 4.63. The van der Waals surface area contributed by atoms with Gasteiger partial charge in [-0.05, 0) is 25.8 Å². The standard InChI is InChI=1S/C13H15NO6/c1-8-11(14(17)18)5-9(13(15)16)6-12(8)20-7-10-3-2-4-19-10/h5-6,10H,2-4,7H2,1H3,(H,15,16). The fourth-order valence-corrected chi connectivity index (χ4v) is 2.09. The first kappa shape index (κ1) is 14.3. The molecule has 108 valence electrons. The molecule has 1 aromatic carbocycles. The number of carboxylic acids is 1. The van der Waals surface area contributed by atoms with E-state index in [1.807, 2.05) is 0 Å². The number of ether oxygens (including phenoxy) is 2. The molecular formula is C13H15NO6. The fourth-order valence-electron chi connectivity index (χ4n) is 2.09. The molecule has 1 unspecified atom stereocenters. The molecule has 0 aliphatic carbocycles. The molecule has 0 saturated carbocycles. The summed E-state index contributed by atoms with van der Waals surface area (Å²) in [5.41, 5.74) is -0.102. The van der Waals surface area contributed by atoms with Crippen molar-refractivity contribution in [3.8, 4) is 5.75 Å². The molecule has 0 amide bonds. The molecule has 1 aromatic rings. The van der Waals surface area contributed by atoms with E-state index >= 15 is 0 Å². The van der Waals surface area contributed by atoms with E-state index < -0.39 is 10.9 Å². The number of nitro benzene ring substituents is 1. The minimum Gasteiger partial charge on any atom is -0.490 e. The maximum Gasteiger partial charge on any atom is 0.336 e. The number of hydrogen-bond acceptors (Lipinski definition) is 5. The van der Waals surface area contributed by atoms with Crippen LogP contribution in [0.1, 0.15) is 28.8 Å². The van der Waals surface area contributed by atoms with Crippen LogP contribution in [0, 0.1) is 17.0 Å². The molecule has 1 saturated heterocycles. The van der Waals surface area contributed by atoms with Crippen LogP contribution < -0.4 is 4.74 Å². The van der Waals surface area contributed by atoms with Gasteiger partial charge in [0.2, 0.25) is 0 Å². The Morgan fingerprint density at radius 3 is 2.90 bits per heavy atom. The molecule has 0 bridgehead atoms. The zero-order valence-electron chi connectivity index (χ0n) is 11.0. The van der Waals surface area contributed by atoms with Crippen molar-refractivity contribution in [1.82, 2.24) is 0 Å².